The quantitative estimate of drug-likeness (QED) is 0.574. The lowest BCUT2D eigenvalue weighted by Crippen LogP contribution is -2.43. The molecule has 0 heterocycles. The Bertz CT molecular complexity index is 247. The fraction of sp³-hybridized carbons (Fsp3) is 0.800. The Morgan fingerprint density at radius 3 is 2.77 bits per heavy atom. The van der Waals surface area contributed by atoms with Crippen LogP contribution in [0, 0.1) is 11.8 Å². The molecule has 0 aromatic heterocycles. The van der Waals surface area contributed by atoms with Gasteiger partial charge in [-0.1, -0.05) is 0 Å². The van der Waals surface area contributed by atoms with Crippen molar-refractivity contribution in [3.63, 3.8) is 0 Å². The van der Waals surface area contributed by atoms with Crippen molar-refractivity contribution in [1.29, 1.82) is 0 Å². The van der Waals surface area contributed by atoms with Crippen molar-refractivity contribution < 1.29 is 14.3 Å². The van der Waals surface area contributed by atoms with E-state index in [1.54, 1.807) is 0 Å². The van der Waals surface area contributed by atoms with Gasteiger partial charge in [0.15, 0.2) is 0 Å². The van der Waals surface area contributed by atoms with Crippen molar-refractivity contribution in [3.05, 3.63) is 0 Å². The molecule has 0 unspecified atom stereocenters. The highest BCUT2D eigenvalue weighted by atomic mass is 16.5. The van der Waals surface area contributed by atoms with Gasteiger partial charge >= 0.3 is 5.97 Å². The van der Waals surface area contributed by atoms with Crippen LogP contribution in [0.1, 0.15) is 32.6 Å². The van der Waals surface area contributed by atoms with Gasteiger partial charge in [0.05, 0.1) is 5.92 Å². The number of rotatable bonds is 1. The van der Waals surface area contributed by atoms with Gasteiger partial charge in [0, 0.05) is 13.3 Å². The number of ether oxygens (including phenoxy) is 1. The molecule has 3 aliphatic carbocycles. The van der Waals surface area contributed by atoms with Crippen LogP contribution in [-0.2, 0) is 14.3 Å². The Balaban J connectivity index is 2.05. The Labute approximate surface area is 77.4 Å². The summed E-state index contributed by atoms with van der Waals surface area (Å²) < 4.78 is 5.14. The second-order valence-corrected chi connectivity index (χ2v) is 4.10. The molecule has 0 amide bonds. The van der Waals surface area contributed by atoms with E-state index >= 15 is 0 Å². The number of Topliss-reactive ketones (excluding diaryl/α,β-unsaturated/α-hetero) is 1. The van der Waals surface area contributed by atoms with Crippen LogP contribution >= 0.6 is 0 Å². The second-order valence-electron chi connectivity index (χ2n) is 4.10. The number of esters is 1. The van der Waals surface area contributed by atoms with Crippen LogP contribution in [0.15, 0.2) is 0 Å². The number of fused-ring (bicyclic) bond motifs is 3. The largest absolute Gasteiger partial charge is 0.462 e. The zero-order valence-corrected chi connectivity index (χ0v) is 7.79. The van der Waals surface area contributed by atoms with E-state index in [9.17, 15) is 9.59 Å². The first-order valence-corrected chi connectivity index (χ1v) is 4.86. The van der Waals surface area contributed by atoms with Crippen LogP contribution in [-0.4, -0.2) is 17.9 Å². The molecule has 72 valence electrons. The minimum Gasteiger partial charge on any atom is -0.462 e. The Kier molecular flexibility index (Phi) is 2.10. The minimum atomic E-state index is -0.259. The van der Waals surface area contributed by atoms with E-state index in [2.05, 4.69) is 0 Å². The van der Waals surface area contributed by atoms with Gasteiger partial charge in [0.1, 0.15) is 11.9 Å². The van der Waals surface area contributed by atoms with Gasteiger partial charge in [-0.3, -0.25) is 9.59 Å². The lowest BCUT2D eigenvalue weighted by Gasteiger charge is -2.40. The first-order valence-electron chi connectivity index (χ1n) is 4.86. The number of carbonyl (C=O) groups excluding carboxylic acids is 2. The van der Waals surface area contributed by atoms with Crippen molar-refractivity contribution in [2.24, 2.45) is 11.8 Å². The molecule has 0 spiro atoms. The molecule has 0 saturated heterocycles. The lowest BCUT2D eigenvalue weighted by molar-refractivity contribution is -0.158. The molecule has 3 atom stereocenters. The number of hydrogen-bond donors (Lipinski definition) is 0. The first-order chi connectivity index (χ1) is 6.16. The third kappa shape index (κ3) is 1.60. The van der Waals surface area contributed by atoms with Gasteiger partial charge in [0.2, 0.25) is 0 Å². The summed E-state index contributed by atoms with van der Waals surface area (Å²) in [5.41, 5.74) is 0. The summed E-state index contributed by atoms with van der Waals surface area (Å²) in [6.45, 7) is 1.41. The van der Waals surface area contributed by atoms with E-state index in [1.807, 2.05) is 0 Å². The molecule has 0 aromatic rings. The molecule has 2 bridgehead atoms. The monoisotopic (exact) mass is 182 g/mol. The van der Waals surface area contributed by atoms with E-state index in [4.69, 9.17) is 4.74 Å². The molecule has 3 aliphatic rings. The van der Waals surface area contributed by atoms with E-state index in [0.717, 1.165) is 19.3 Å². The zero-order chi connectivity index (χ0) is 9.42. The van der Waals surface area contributed by atoms with E-state index < -0.39 is 0 Å². The SMILES string of the molecule is CC(=O)O[C@H]1C[C@H]2CC[C@@H]1C(=O)C2. The van der Waals surface area contributed by atoms with Crippen molar-refractivity contribution in [2.75, 3.05) is 0 Å². The molecule has 3 rings (SSSR count). The minimum absolute atomic E-state index is 0.00824. The summed E-state index contributed by atoms with van der Waals surface area (Å²) >= 11 is 0. The summed E-state index contributed by atoms with van der Waals surface area (Å²) in [4.78, 5) is 22.2. The molecule has 0 aromatic carbocycles. The van der Waals surface area contributed by atoms with Crippen LogP contribution in [0.25, 0.3) is 0 Å². The average molecular weight is 182 g/mol. The van der Waals surface area contributed by atoms with E-state index in [0.29, 0.717) is 18.1 Å². The summed E-state index contributed by atoms with van der Waals surface area (Å²) in [5.74, 6) is 0.523. The lowest BCUT2D eigenvalue weighted by atomic mass is 9.68. The van der Waals surface area contributed by atoms with Gasteiger partial charge in [-0.25, -0.2) is 0 Å². The molecule has 13 heavy (non-hydrogen) atoms. The maximum Gasteiger partial charge on any atom is 0.302 e. The summed E-state index contributed by atoms with van der Waals surface area (Å²) in [7, 11) is 0. The van der Waals surface area contributed by atoms with Gasteiger partial charge in [0.25, 0.3) is 0 Å². The predicted molar refractivity (Wildman–Crippen MR) is 46.0 cm³/mol. The maximum atomic E-state index is 11.5. The maximum absolute atomic E-state index is 11.5. The highest BCUT2D eigenvalue weighted by Gasteiger charge is 2.42. The molecule has 0 N–H and O–H groups in total. The van der Waals surface area contributed by atoms with E-state index in [1.165, 1.54) is 6.92 Å². The first kappa shape index (κ1) is 8.73. The summed E-state index contributed by atoms with van der Waals surface area (Å²) in [6, 6.07) is 0. The third-order valence-electron chi connectivity index (χ3n) is 3.12. The van der Waals surface area contributed by atoms with Crippen LogP contribution in [0.2, 0.25) is 0 Å². The number of hydrogen-bond acceptors (Lipinski definition) is 3. The highest BCUT2D eigenvalue weighted by Crippen LogP contribution is 2.40. The molecule has 0 radical (unpaired) electrons. The van der Waals surface area contributed by atoms with Crippen molar-refractivity contribution in [3.8, 4) is 0 Å². The topological polar surface area (TPSA) is 43.4 Å². The van der Waals surface area contributed by atoms with Crippen molar-refractivity contribution in [1.82, 2.24) is 0 Å². The van der Waals surface area contributed by atoms with Gasteiger partial charge < -0.3 is 4.74 Å². The van der Waals surface area contributed by atoms with Crippen molar-refractivity contribution >= 4 is 11.8 Å². The smallest absolute Gasteiger partial charge is 0.302 e. The Hall–Kier alpha value is -0.860. The van der Waals surface area contributed by atoms with Crippen LogP contribution < -0.4 is 0 Å². The molecule has 3 saturated carbocycles. The fourth-order valence-electron chi connectivity index (χ4n) is 2.54. The highest BCUT2D eigenvalue weighted by molar-refractivity contribution is 5.84. The van der Waals surface area contributed by atoms with Gasteiger partial charge in [-0.05, 0) is 25.2 Å². The molecular weight excluding hydrogens is 168 g/mol. The standard InChI is InChI=1S/C10H14O3/c1-6(11)13-10-5-7-2-3-8(10)9(12)4-7/h7-8,10H,2-5H2,1H3/t7-,8+,10-/m0/s1. The Morgan fingerprint density at radius 2 is 2.23 bits per heavy atom. The molecular formula is C10H14O3. The van der Waals surface area contributed by atoms with Gasteiger partial charge in [-0.2, -0.15) is 0 Å². The van der Waals surface area contributed by atoms with Crippen LogP contribution in [0.4, 0.5) is 0 Å². The number of carbonyl (C=O) groups is 2. The van der Waals surface area contributed by atoms with Gasteiger partial charge in [-0.15, -0.1) is 0 Å². The molecule has 3 fully saturated rings. The summed E-state index contributed by atoms with van der Waals surface area (Å²) in [6.07, 6.45) is 3.55. The van der Waals surface area contributed by atoms with Crippen LogP contribution in [0.3, 0.4) is 0 Å². The second kappa shape index (κ2) is 3.13. The summed E-state index contributed by atoms with van der Waals surface area (Å²) in [5, 5.41) is 0. The number of ketones is 1. The molecule has 0 aliphatic heterocycles. The molecule has 3 nitrogen and oxygen atoms in total. The predicted octanol–water partition coefficient (Wildman–Crippen LogP) is 1.31. The average Bonchev–Trinajstić information content (AvgIpc) is 2.02. The fourth-order valence-corrected chi connectivity index (χ4v) is 2.54. The zero-order valence-electron chi connectivity index (χ0n) is 7.79. The Morgan fingerprint density at radius 1 is 1.46 bits per heavy atom. The van der Waals surface area contributed by atoms with Crippen molar-refractivity contribution in [2.45, 2.75) is 38.7 Å². The van der Waals surface area contributed by atoms with Crippen LogP contribution in [0.5, 0.6) is 0 Å². The van der Waals surface area contributed by atoms with E-state index in [-0.39, 0.29) is 18.0 Å². The molecule has 3 heteroatoms. The third-order valence-corrected chi connectivity index (χ3v) is 3.12. The normalized spacial score (nSPS) is 37.6.